The number of rotatable bonds is 4. The lowest BCUT2D eigenvalue weighted by molar-refractivity contribution is 0.715. The molecule has 0 heterocycles. The molecule has 0 aliphatic heterocycles. The number of hydrogen-bond acceptors (Lipinski definition) is 0. The zero-order chi connectivity index (χ0) is 99.0. The molecule has 146 heavy (non-hydrogen) atoms. The average molecular weight is 1870 g/mol. The molecule has 0 bridgehead atoms. The van der Waals surface area contributed by atoms with Crippen molar-refractivity contribution in [3.05, 3.63) is 635 Å². The van der Waals surface area contributed by atoms with Crippen LogP contribution in [0.2, 0.25) is 0 Å². The molecule has 26 aromatic rings. The van der Waals surface area contributed by atoms with Crippen molar-refractivity contribution in [3.63, 3.8) is 0 Å². The zero-order valence-electron chi connectivity index (χ0n) is 84.0. The highest BCUT2D eigenvalue weighted by atomic mass is 14.5. The van der Waals surface area contributed by atoms with E-state index < -0.39 is 0 Å². The van der Waals surface area contributed by atoms with Gasteiger partial charge in [0.05, 0.1) is 0 Å². The summed E-state index contributed by atoms with van der Waals surface area (Å²) in [7, 11) is 0. The highest BCUT2D eigenvalue weighted by Crippen LogP contribution is 2.58. The second-order valence-corrected chi connectivity index (χ2v) is 40.4. The Morgan fingerprint density at radius 2 is 0.363 bits per heavy atom. The van der Waals surface area contributed by atoms with Crippen LogP contribution in [-0.2, 0) is 21.7 Å². The topological polar surface area (TPSA) is 0 Å². The molecular formula is C146H114. The molecule has 30 rings (SSSR count). The van der Waals surface area contributed by atoms with Gasteiger partial charge in [0.2, 0.25) is 0 Å². The van der Waals surface area contributed by atoms with Gasteiger partial charge in [-0.1, -0.05) is 520 Å². The lowest BCUT2D eigenvalue weighted by Gasteiger charge is -2.28. The maximum atomic E-state index is 2.39. The van der Waals surface area contributed by atoms with E-state index in [0.29, 0.717) is 0 Å². The molecule has 698 valence electrons. The minimum absolute atomic E-state index is 0.1000. The molecule has 0 saturated carbocycles. The van der Waals surface area contributed by atoms with Crippen molar-refractivity contribution < 1.29 is 0 Å². The van der Waals surface area contributed by atoms with Crippen molar-refractivity contribution in [2.24, 2.45) is 0 Å². The number of aryl methyl sites for hydroxylation is 4. The molecule has 0 saturated heterocycles. The largest absolute Gasteiger partial charge is 0.0622 e. The SMILES string of the molecule is CC1(c2ccc3ccccc3c2)c2ccccc2-c2ccccc21.CC1(c2ccc3ccccc3c2)c2ccccc2-c2ccccc21.CC1(c2ccc3ccccc3c2)c2ccccc2-c2ccccc21.CC1(c2ccccc2)c2ccccc2-c2cc3ccccc3cc21.Cc1ccc2cc3ccccc3cc2c1.Cc1ccc2ccc3cccc4ccc1c2c34.Cc1ccc2ccccc2c1.Cc1ccccc1. The third-order valence-electron chi connectivity index (χ3n) is 31.6. The Kier molecular flexibility index (Phi) is 24.7. The summed E-state index contributed by atoms with van der Waals surface area (Å²) < 4.78 is 0. The first-order valence-corrected chi connectivity index (χ1v) is 51.3. The van der Waals surface area contributed by atoms with Crippen LogP contribution in [0.1, 0.15) is 117 Å². The van der Waals surface area contributed by atoms with Crippen molar-refractivity contribution in [3.8, 4) is 44.5 Å². The predicted molar refractivity (Wildman–Crippen MR) is 626 cm³/mol. The van der Waals surface area contributed by atoms with E-state index in [4.69, 9.17) is 0 Å². The van der Waals surface area contributed by atoms with E-state index in [2.05, 4.69) is 583 Å². The Balaban J connectivity index is 0.0000000939. The van der Waals surface area contributed by atoms with Crippen molar-refractivity contribution in [2.45, 2.75) is 77.0 Å². The van der Waals surface area contributed by atoms with Crippen LogP contribution in [0.4, 0.5) is 0 Å². The van der Waals surface area contributed by atoms with Crippen molar-refractivity contribution in [1.29, 1.82) is 0 Å². The first-order chi connectivity index (χ1) is 71.6. The molecule has 26 aromatic carbocycles. The minimum atomic E-state index is -0.1000. The summed E-state index contributed by atoms with van der Waals surface area (Å²) >= 11 is 0. The van der Waals surface area contributed by atoms with E-state index in [1.165, 1.54) is 241 Å². The molecule has 4 aliphatic rings. The summed E-state index contributed by atoms with van der Waals surface area (Å²) in [5, 5.41) is 26.6. The Morgan fingerprint density at radius 1 is 0.123 bits per heavy atom. The van der Waals surface area contributed by atoms with Gasteiger partial charge >= 0.3 is 0 Å². The van der Waals surface area contributed by atoms with Gasteiger partial charge in [0.25, 0.3) is 0 Å². The Bertz CT molecular complexity index is 8810. The second kappa shape index (κ2) is 39.1. The number of benzene rings is 26. The highest BCUT2D eigenvalue weighted by Gasteiger charge is 2.45. The summed E-state index contributed by atoms with van der Waals surface area (Å²) in [6.07, 6.45) is 0. The van der Waals surface area contributed by atoms with Crippen molar-refractivity contribution in [1.82, 2.24) is 0 Å². The smallest absolute Gasteiger partial charge is 0.0435 e. The second-order valence-electron chi connectivity index (χ2n) is 40.4. The number of fused-ring (bicyclic) bond motifs is 19. The van der Waals surface area contributed by atoms with Gasteiger partial charge in [-0.25, -0.2) is 0 Å². The van der Waals surface area contributed by atoms with Crippen LogP contribution in [0.15, 0.2) is 546 Å². The molecule has 0 radical (unpaired) electrons. The van der Waals surface area contributed by atoms with Crippen LogP contribution in [0.3, 0.4) is 0 Å². The molecule has 1 unspecified atom stereocenters. The van der Waals surface area contributed by atoms with Crippen LogP contribution < -0.4 is 0 Å². The quantitative estimate of drug-likeness (QED) is 0.122. The van der Waals surface area contributed by atoms with E-state index in [1.807, 2.05) is 18.2 Å². The first-order valence-electron chi connectivity index (χ1n) is 51.3. The summed E-state index contributed by atoms with van der Waals surface area (Å²) in [5.41, 5.74) is 32.5. The van der Waals surface area contributed by atoms with Gasteiger partial charge in [-0.05, 0) is 322 Å². The standard InChI is InChI=1S/4C24H18.C17H12.C15H12.C11H10.C7H8/c3*1-24(19-15-14-17-8-2-3-9-18(17)16-19)22-12-6-4-10-20(22)21-11-5-7-13-23(21)24;1-24(19-11-3-2-4-12-19)22-14-8-7-13-20(22)21-15-17-9-5-6-10-18(17)16-23(21)24;1-11-5-6-14-8-7-12-3-2-4-13-9-10-15(11)17(14)16(12)13;1-11-6-7-14-9-12-4-2-3-5-13(12)10-15(14)8-11;1-9-6-7-10-4-2-3-5-11(10)8-9;1-7-5-3-2-4-6-7/h4*2-16H,1H3;2-10H,1H3;2-10H,1H3;2-8H,1H3;2-6H,1H3. The molecule has 0 fully saturated rings. The Labute approximate surface area is 857 Å². The zero-order valence-corrected chi connectivity index (χ0v) is 84.0. The summed E-state index contributed by atoms with van der Waals surface area (Å²) in [5.74, 6) is 0. The lowest BCUT2D eigenvalue weighted by Crippen LogP contribution is -2.22. The van der Waals surface area contributed by atoms with Gasteiger partial charge < -0.3 is 0 Å². The van der Waals surface area contributed by atoms with Crippen molar-refractivity contribution in [2.75, 3.05) is 0 Å². The fraction of sp³-hybridized carbons (Fsp3) is 0.0822. The maximum absolute atomic E-state index is 2.39. The van der Waals surface area contributed by atoms with E-state index >= 15 is 0 Å². The van der Waals surface area contributed by atoms with Crippen LogP contribution in [0, 0.1) is 27.7 Å². The third-order valence-corrected chi connectivity index (χ3v) is 31.6. The van der Waals surface area contributed by atoms with Gasteiger partial charge in [0.1, 0.15) is 0 Å². The fourth-order valence-electron chi connectivity index (χ4n) is 23.8. The predicted octanol–water partition coefficient (Wildman–Crippen LogP) is 39.0. The van der Waals surface area contributed by atoms with Crippen LogP contribution >= 0.6 is 0 Å². The van der Waals surface area contributed by atoms with Gasteiger partial charge in [-0.2, -0.15) is 0 Å². The highest BCUT2D eigenvalue weighted by molar-refractivity contribution is 6.23. The molecule has 0 N–H and O–H groups in total. The van der Waals surface area contributed by atoms with E-state index in [9.17, 15) is 0 Å². The molecule has 0 heteroatoms. The first kappa shape index (κ1) is 92.3. The van der Waals surface area contributed by atoms with Crippen LogP contribution in [-0.4, -0.2) is 0 Å². The van der Waals surface area contributed by atoms with E-state index in [1.54, 1.807) is 0 Å². The fourth-order valence-corrected chi connectivity index (χ4v) is 23.8. The molecule has 0 nitrogen and oxygen atoms in total. The Hall–Kier alpha value is -17.4. The van der Waals surface area contributed by atoms with E-state index in [-0.39, 0.29) is 21.7 Å². The molecular weight excluding hydrogens is 1750 g/mol. The van der Waals surface area contributed by atoms with Gasteiger partial charge in [0.15, 0.2) is 0 Å². The van der Waals surface area contributed by atoms with Crippen molar-refractivity contribution >= 4 is 108 Å². The minimum Gasteiger partial charge on any atom is -0.0622 e. The van der Waals surface area contributed by atoms with E-state index in [0.717, 1.165) is 0 Å². The third kappa shape index (κ3) is 16.9. The van der Waals surface area contributed by atoms with Crippen LogP contribution in [0.25, 0.3) is 152 Å². The Morgan fingerprint density at radius 3 is 0.733 bits per heavy atom. The maximum Gasteiger partial charge on any atom is 0.0435 e. The summed E-state index contributed by atoms with van der Waals surface area (Å²) in [4.78, 5) is 0. The summed E-state index contributed by atoms with van der Waals surface area (Å²) in [6, 6.07) is 197. The van der Waals surface area contributed by atoms with Crippen LogP contribution in [0.5, 0.6) is 0 Å². The average Bonchev–Trinajstić information content (AvgIpc) is 1.66. The lowest BCUT2D eigenvalue weighted by atomic mass is 9.74. The summed E-state index contributed by atoms with van der Waals surface area (Å²) in [6.45, 7) is 18.0. The monoisotopic (exact) mass is 1870 g/mol. The molecule has 0 aromatic heterocycles. The molecule has 1 atom stereocenters. The van der Waals surface area contributed by atoms with Gasteiger partial charge in [-0.3, -0.25) is 0 Å². The number of hydrogen-bond donors (Lipinski definition) is 0. The normalized spacial score (nSPS) is 13.8. The molecule has 0 spiro atoms. The molecule has 4 aliphatic carbocycles. The molecule has 0 amide bonds. The van der Waals surface area contributed by atoms with Gasteiger partial charge in [0, 0.05) is 21.7 Å². The van der Waals surface area contributed by atoms with Gasteiger partial charge in [-0.15, -0.1) is 0 Å².